The van der Waals surface area contributed by atoms with Crippen molar-refractivity contribution in [3.63, 3.8) is 0 Å². The Morgan fingerprint density at radius 2 is 1.93 bits per heavy atom. The Balaban J connectivity index is 0.00000169. The van der Waals surface area contributed by atoms with Crippen molar-refractivity contribution in [1.29, 1.82) is 0 Å². The number of hydrogen-bond acceptors (Lipinski definition) is 4. The Labute approximate surface area is 88.4 Å². The Morgan fingerprint density at radius 1 is 1.43 bits per heavy atom. The second-order valence-electron chi connectivity index (χ2n) is 3.39. The molecule has 0 saturated carbocycles. The minimum Gasteiger partial charge on any atom is -0.379 e. The summed E-state index contributed by atoms with van der Waals surface area (Å²) in [5.74, 6) is -0.417. The van der Waals surface area contributed by atoms with Gasteiger partial charge in [-0.15, -0.1) is 12.4 Å². The molecule has 5 nitrogen and oxygen atoms in total. The lowest BCUT2D eigenvalue weighted by atomic mass is 9.92. The zero-order valence-electron chi connectivity index (χ0n) is 7.73. The van der Waals surface area contributed by atoms with Crippen LogP contribution in [0.4, 0.5) is 0 Å². The second kappa shape index (κ2) is 5.95. The SMILES string of the molecule is Cl.NC(O)CCC1CC(=O)NC(=O)C1. The molecule has 1 unspecified atom stereocenters. The van der Waals surface area contributed by atoms with Gasteiger partial charge in [0.25, 0.3) is 0 Å². The predicted molar refractivity (Wildman–Crippen MR) is 52.5 cm³/mol. The minimum atomic E-state index is -0.847. The zero-order chi connectivity index (χ0) is 9.84. The predicted octanol–water partition coefficient (Wildman–Crippen LogP) is -0.482. The first-order valence-corrected chi connectivity index (χ1v) is 4.34. The van der Waals surface area contributed by atoms with Gasteiger partial charge in [0.2, 0.25) is 11.8 Å². The van der Waals surface area contributed by atoms with Gasteiger partial charge >= 0.3 is 0 Å². The number of nitrogens with two attached hydrogens (primary N) is 1. The third-order valence-electron chi connectivity index (χ3n) is 2.10. The molecule has 1 heterocycles. The minimum absolute atomic E-state index is 0. The van der Waals surface area contributed by atoms with Gasteiger partial charge < -0.3 is 10.8 Å². The van der Waals surface area contributed by atoms with Gasteiger partial charge in [0.15, 0.2) is 0 Å². The van der Waals surface area contributed by atoms with Gasteiger partial charge in [-0.25, -0.2) is 0 Å². The lowest BCUT2D eigenvalue weighted by Crippen LogP contribution is -2.38. The number of halogens is 1. The van der Waals surface area contributed by atoms with E-state index in [1.807, 2.05) is 0 Å². The maximum Gasteiger partial charge on any atom is 0.226 e. The number of nitrogens with one attached hydrogen (secondary N) is 1. The molecule has 4 N–H and O–H groups in total. The maximum atomic E-state index is 10.9. The number of amides is 2. The van der Waals surface area contributed by atoms with Gasteiger partial charge in [0.1, 0.15) is 6.23 Å². The van der Waals surface area contributed by atoms with Gasteiger partial charge in [-0.1, -0.05) is 0 Å². The van der Waals surface area contributed by atoms with Crippen molar-refractivity contribution >= 4 is 24.2 Å². The molecule has 1 fully saturated rings. The van der Waals surface area contributed by atoms with Crippen LogP contribution in [0.25, 0.3) is 0 Å². The van der Waals surface area contributed by atoms with E-state index in [4.69, 9.17) is 10.8 Å². The molecule has 0 aliphatic carbocycles. The quantitative estimate of drug-likeness (QED) is 0.444. The van der Waals surface area contributed by atoms with Gasteiger partial charge in [-0.05, 0) is 18.8 Å². The van der Waals surface area contributed by atoms with Gasteiger partial charge in [0.05, 0.1) is 0 Å². The number of aliphatic hydroxyl groups excluding tert-OH is 1. The molecule has 0 aromatic carbocycles. The number of carbonyl (C=O) groups excluding carboxylic acids is 2. The molecule has 1 atom stereocenters. The van der Waals surface area contributed by atoms with Crippen molar-refractivity contribution in [1.82, 2.24) is 5.32 Å². The lowest BCUT2D eigenvalue weighted by Gasteiger charge is -2.20. The van der Waals surface area contributed by atoms with Crippen LogP contribution < -0.4 is 11.1 Å². The van der Waals surface area contributed by atoms with E-state index in [9.17, 15) is 9.59 Å². The molecule has 6 heteroatoms. The summed E-state index contributed by atoms with van der Waals surface area (Å²) in [4.78, 5) is 21.8. The van der Waals surface area contributed by atoms with Crippen molar-refractivity contribution in [3.8, 4) is 0 Å². The smallest absolute Gasteiger partial charge is 0.226 e. The summed E-state index contributed by atoms with van der Waals surface area (Å²) in [6.45, 7) is 0. The average molecular weight is 223 g/mol. The van der Waals surface area contributed by atoms with E-state index in [0.717, 1.165) is 0 Å². The molecule has 0 spiro atoms. The molecule has 14 heavy (non-hydrogen) atoms. The van der Waals surface area contributed by atoms with Crippen molar-refractivity contribution in [3.05, 3.63) is 0 Å². The van der Waals surface area contributed by atoms with Crippen LogP contribution in [0.3, 0.4) is 0 Å². The summed E-state index contributed by atoms with van der Waals surface area (Å²) in [7, 11) is 0. The lowest BCUT2D eigenvalue weighted by molar-refractivity contribution is -0.135. The van der Waals surface area contributed by atoms with Crippen molar-refractivity contribution in [2.75, 3.05) is 0 Å². The fourth-order valence-electron chi connectivity index (χ4n) is 1.46. The fraction of sp³-hybridized carbons (Fsp3) is 0.750. The molecule has 1 saturated heterocycles. The van der Waals surface area contributed by atoms with E-state index in [1.165, 1.54) is 0 Å². The van der Waals surface area contributed by atoms with Crippen LogP contribution in [-0.2, 0) is 9.59 Å². The monoisotopic (exact) mass is 222 g/mol. The second-order valence-corrected chi connectivity index (χ2v) is 3.39. The summed E-state index contributed by atoms with van der Waals surface area (Å²) >= 11 is 0. The molecule has 1 aliphatic heterocycles. The third kappa shape index (κ3) is 4.55. The van der Waals surface area contributed by atoms with Crippen molar-refractivity contribution < 1.29 is 14.7 Å². The topological polar surface area (TPSA) is 92.4 Å². The number of imide groups is 1. The molecular formula is C8H15ClN2O3. The highest BCUT2D eigenvalue weighted by Crippen LogP contribution is 2.19. The highest BCUT2D eigenvalue weighted by atomic mass is 35.5. The number of carbonyl (C=O) groups is 2. The van der Waals surface area contributed by atoms with Crippen LogP contribution in [-0.4, -0.2) is 23.1 Å². The fourth-order valence-corrected chi connectivity index (χ4v) is 1.46. The summed E-state index contributed by atoms with van der Waals surface area (Å²) in [5, 5.41) is 11.0. The van der Waals surface area contributed by atoms with Crippen LogP contribution in [0.1, 0.15) is 25.7 Å². The molecule has 0 bridgehead atoms. The number of rotatable bonds is 3. The first-order chi connectivity index (χ1) is 6.08. The van der Waals surface area contributed by atoms with Crippen LogP contribution >= 0.6 is 12.4 Å². The Kier molecular flexibility index (Phi) is 5.68. The summed E-state index contributed by atoms with van der Waals surface area (Å²) in [5.41, 5.74) is 5.15. The molecule has 1 aliphatic rings. The van der Waals surface area contributed by atoms with Crippen LogP contribution in [0.2, 0.25) is 0 Å². The Hall–Kier alpha value is -0.650. The molecule has 82 valence electrons. The highest BCUT2D eigenvalue weighted by Gasteiger charge is 2.24. The van der Waals surface area contributed by atoms with E-state index >= 15 is 0 Å². The third-order valence-corrected chi connectivity index (χ3v) is 2.10. The first-order valence-electron chi connectivity index (χ1n) is 4.34. The molecule has 0 aromatic rings. The Morgan fingerprint density at radius 3 is 2.36 bits per heavy atom. The molecular weight excluding hydrogens is 208 g/mol. The molecule has 0 aromatic heterocycles. The summed E-state index contributed by atoms with van der Waals surface area (Å²) < 4.78 is 0. The number of piperidine rings is 1. The first kappa shape index (κ1) is 13.4. The number of hydrogen-bond donors (Lipinski definition) is 3. The van der Waals surface area contributed by atoms with Gasteiger partial charge in [-0.2, -0.15) is 0 Å². The normalized spacial score (nSPS) is 19.9. The van der Waals surface area contributed by atoms with Crippen molar-refractivity contribution in [2.45, 2.75) is 31.9 Å². The van der Waals surface area contributed by atoms with Crippen LogP contribution in [0, 0.1) is 5.92 Å². The zero-order valence-corrected chi connectivity index (χ0v) is 8.55. The van der Waals surface area contributed by atoms with Crippen LogP contribution in [0.15, 0.2) is 0 Å². The largest absolute Gasteiger partial charge is 0.379 e. The summed E-state index contributed by atoms with van der Waals surface area (Å²) in [6, 6.07) is 0. The molecule has 0 radical (unpaired) electrons. The number of aliphatic hydroxyl groups is 1. The van der Waals surface area contributed by atoms with Crippen LogP contribution in [0.5, 0.6) is 0 Å². The van der Waals surface area contributed by atoms with E-state index < -0.39 is 6.23 Å². The average Bonchev–Trinajstić information content (AvgIpc) is 1.99. The van der Waals surface area contributed by atoms with Crippen molar-refractivity contribution in [2.24, 2.45) is 11.7 Å². The van der Waals surface area contributed by atoms with Gasteiger partial charge in [0, 0.05) is 12.8 Å². The molecule has 1 rings (SSSR count). The van der Waals surface area contributed by atoms with E-state index in [2.05, 4.69) is 5.32 Å². The maximum absolute atomic E-state index is 10.9. The highest BCUT2D eigenvalue weighted by molar-refractivity contribution is 5.97. The van der Waals surface area contributed by atoms with E-state index in [-0.39, 0.29) is 30.1 Å². The van der Waals surface area contributed by atoms with Gasteiger partial charge in [-0.3, -0.25) is 14.9 Å². The van der Waals surface area contributed by atoms with E-state index in [0.29, 0.717) is 25.7 Å². The molecule has 2 amide bonds. The van der Waals surface area contributed by atoms with E-state index in [1.54, 1.807) is 0 Å². The Bertz CT molecular complexity index is 205. The standard InChI is InChI=1S/C8H14N2O3.ClH/c9-6(11)2-1-5-3-7(12)10-8(13)4-5;/h5-6,11H,1-4,9H2,(H,10,12,13);1H. The summed E-state index contributed by atoms with van der Waals surface area (Å²) in [6.07, 6.45) is 0.930.